The first-order valence-corrected chi connectivity index (χ1v) is 8.90. The molecule has 1 aromatic heterocycles. The number of carbonyl (C=O) groups is 1. The molecule has 2 atom stereocenters. The van der Waals surface area contributed by atoms with Gasteiger partial charge in [-0.3, -0.25) is 9.89 Å². The van der Waals surface area contributed by atoms with Crippen LogP contribution in [0.15, 0.2) is 30.5 Å². The Bertz CT molecular complexity index is 744. The zero-order valence-electron chi connectivity index (χ0n) is 14.4. The van der Waals surface area contributed by atoms with Crippen LogP contribution < -0.4 is 9.47 Å². The van der Waals surface area contributed by atoms with Crippen LogP contribution >= 0.6 is 0 Å². The summed E-state index contributed by atoms with van der Waals surface area (Å²) in [4.78, 5) is 15.0. The summed E-state index contributed by atoms with van der Waals surface area (Å²) in [5.74, 6) is 1.80. The lowest BCUT2D eigenvalue weighted by Gasteiger charge is -2.34. The van der Waals surface area contributed by atoms with Gasteiger partial charge in [-0.05, 0) is 43.5 Å². The third kappa shape index (κ3) is 3.21. The second-order valence-electron chi connectivity index (χ2n) is 6.76. The second-order valence-corrected chi connectivity index (χ2v) is 6.76. The first kappa shape index (κ1) is 16.0. The van der Waals surface area contributed by atoms with Gasteiger partial charge in [0.1, 0.15) is 13.2 Å². The van der Waals surface area contributed by atoms with Crippen molar-refractivity contribution in [3.8, 4) is 11.5 Å². The molecule has 1 fully saturated rings. The number of rotatable bonds is 3. The zero-order chi connectivity index (χ0) is 17.2. The highest BCUT2D eigenvalue weighted by Crippen LogP contribution is 2.34. The molecule has 1 amide bonds. The number of aromatic nitrogens is 2. The summed E-state index contributed by atoms with van der Waals surface area (Å²) in [6.45, 7) is 4.65. The highest BCUT2D eigenvalue weighted by atomic mass is 16.6. The van der Waals surface area contributed by atoms with Crippen molar-refractivity contribution in [3.05, 3.63) is 41.7 Å². The van der Waals surface area contributed by atoms with Crippen LogP contribution in [0.25, 0.3) is 0 Å². The van der Waals surface area contributed by atoms with E-state index >= 15 is 0 Å². The first-order chi connectivity index (χ1) is 12.2. The molecule has 2 unspecified atom stereocenters. The summed E-state index contributed by atoms with van der Waals surface area (Å²) in [6.07, 6.45) is 3.88. The zero-order valence-corrected chi connectivity index (χ0v) is 14.4. The topological polar surface area (TPSA) is 67.5 Å². The van der Waals surface area contributed by atoms with Gasteiger partial charge in [0.15, 0.2) is 11.5 Å². The monoisotopic (exact) mass is 341 g/mol. The fraction of sp³-hybridized carbons (Fsp3) is 0.474. The lowest BCUT2D eigenvalue weighted by Crippen LogP contribution is -2.41. The van der Waals surface area contributed by atoms with Crippen LogP contribution in [0, 0.1) is 0 Å². The standard InChI is InChI=1S/C19H23N3O3/c1-13(14-4-5-17-18(11-14)25-10-9-24-17)19(23)22-8-2-3-15(12-22)16-6-7-20-21-16/h4-7,11,13,15H,2-3,8-10,12H2,1H3,(H,20,21). The molecule has 2 aliphatic rings. The van der Waals surface area contributed by atoms with Crippen molar-refractivity contribution >= 4 is 5.91 Å². The van der Waals surface area contributed by atoms with Gasteiger partial charge < -0.3 is 14.4 Å². The Morgan fingerprint density at radius 2 is 2.12 bits per heavy atom. The molecule has 0 bridgehead atoms. The van der Waals surface area contributed by atoms with Gasteiger partial charge in [-0.2, -0.15) is 5.10 Å². The number of aromatic amines is 1. The Balaban J connectivity index is 1.48. The predicted octanol–water partition coefficient (Wildman–Crippen LogP) is 2.69. The molecule has 0 aliphatic carbocycles. The van der Waals surface area contributed by atoms with E-state index < -0.39 is 0 Å². The smallest absolute Gasteiger partial charge is 0.229 e. The van der Waals surface area contributed by atoms with Crippen molar-refractivity contribution in [1.29, 1.82) is 0 Å². The number of benzene rings is 1. The van der Waals surface area contributed by atoms with Crippen LogP contribution in [-0.4, -0.2) is 47.3 Å². The fourth-order valence-electron chi connectivity index (χ4n) is 3.67. The quantitative estimate of drug-likeness (QED) is 0.932. The van der Waals surface area contributed by atoms with Gasteiger partial charge in [0.25, 0.3) is 0 Å². The number of H-pyrrole nitrogens is 1. The number of hydrogen-bond donors (Lipinski definition) is 1. The molecule has 1 aromatic carbocycles. The van der Waals surface area contributed by atoms with E-state index in [-0.39, 0.29) is 11.8 Å². The van der Waals surface area contributed by atoms with Crippen molar-refractivity contribution in [2.45, 2.75) is 31.6 Å². The minimum atomic E-state index is -0.198. The maximum absolute atomic E-state index is 13.0. The van der Waals surface area contributed by atoms with Gasteiger partial charge in [0, 0.05) is 30.9 Å². The maximum atomic E-state index is 13.0. The van der Waals surface area contributed by atoms with Gasteiger partial charge in [-0.25, -0.2) is 0 Å². The summed E-state index contributed by atoms with van der Waals surface area (Å²) in [7, 11) is 0. The number of fused-ring (bicyclic) bond motifs is 1. The normalized spacial score (nSPS) is 21.0. The van der Waals surface area contributed by atoms with Crippen molar-refractivity contribution in [1.82, 2.24) is 15.1 Å². The summed E-state index contributed by atoms with van der Waals surface area (Å²) >= 11 is 0. The SMILES string of the molecule is CC(C(=O)N1CCCC(c2ccn[nH]2)C1)c1ccc2c(c1)OCCO2. The van der Waals surface area contributed by atoms with Crippen LogP contribution in [-0.2, 0) is 4.79 Å². The highest BCUT2D eigenvalue weighted by Gasteiger charge is 2.29. The summed E-state index contributed by atoms with van der Waals surface area (Å²) in [5.41, 5.74) is 2.09. The largest absolute Gasteiger partial charge is 0.486 e. The number of nitrogens with zero attached hydrogens (tertiary/aromatic N) is 2. The molecule has 3 heterocycles. The number of piperidine rings is 1. The Morgan fingerprint density at radius 3 is 2.92 bits per heavy atom. The molecule has 1 N–H and O–H groups in total. The highest BCUT2D eigenvalue weighted by molar-refractivity contribution is 5.83. The minimum Gasteiger partial charge on any atom is -0.486 e. The van der Waals surface area contributed by atoms with E-state index in [4.69, 9.17) is 9.47 Å². The third-order valence-corrected chi connectivity index (χ3v) is 5.13. The lowest BCUT2D eigenvalue weighted by molar-refractivity contribution is -0.133. The Hall–Kier alpha value is -2.50. The number of likely N-dealkylation sites (tertiary alicyclic amines) is 1. The average Bonchev–Trinajstić information content (AvgIpc) is 3.21. The van der Waals surface area contributed by atoms with Crippen LogP contribution in [0.3, 0.4) is 0 Å². The summed E-state index contributed by atoms with van der Waals surface area (Å²) in [6, 6.07) is 7.81. The summed E-state index contributed by atoms with van der Waals surface area (Å²) < 4.78 is 11.2. The molecule has 2 aliphatic heterocycles. The number of hydrogen-bond acceptors (Lipinski definition) is 4. The molecule has 6 nitrogen and oxygen atoms in total. The predicted molar refractivity (Wildman–Crippen MR) is 93.0 cm³/mol. The van der Waals surface area contributed by atoms with Gasteiger partial charge in [0.05, 0.1) is 5.92 Å². The number of nitrogens with one attached hydrogen (secondary N) is 1. The molecule has 0 radical (unpaired) electrons. The molecule has 1 saturated heterocycles. The van der Waals surface area contributed by atoms with Crippen molar-refractivity contribution in [3.63, 3.8) is 0 Å². The van der Waals surface area contributed by atoms with Crippen LogP contribution in [0.4, 0.5) is 0 Å². The minimum absolute atomic E-state index is 0.167. The van der Waals surface area contributed by atoms with Gasteiger partial charge in [0.2, 0.25) is 5.91 Å². The molecule has 4 rings (SSSR count). The Kier molecular flexibility index (Phi) is 4.34. The molecule has 6 heteroatoms. The first-order valence-electron chi connectivity index (χ1n) is 8.90. The van der Waals surface area contributed by atoms with E-state index in [0.717, 1.165) is 48.7 Å². The van der Waals surface area contributed by atoms with Gasteiger partial charge in [-0.15, -0.1) is 0 Å². The van der Waals surface area contributed by atoms with Crippen molar-refractivity contribution in [2.24, 2.45) is 0 Å². The molecular formula is C19H23N3O3. The Morgan fingerprint density at radius 1 is 1.28 bits per heavy atom. The molecular weight excluding hydrogens is 318 g/mol. The van der Waals surface area contributed by atoms with Gasteiger partial charge in [-0.1, -0.05) is 6.07 Å². The van der Waals surface area contributed by atoms with E-state index in [1.807, 2.05) is 36.1 Å². The average molecular weight is 341 g/mol. The third-order valence-electron chi connectivity index (χ3n) is 5.13. The maximum Gasteiger partial charge on any atom is 0.229 e. The van der Waals surface area contributed by atoms with Crippen LogP contribution in [0.5, 0.6) is 11.5 Å². The van der Waals surface area contributed by atoms with Crippen molar-refractivity contribution < 1.29 is 14.3 Å². The number of ether oxygens (including phenoxy) is 2. The molecule has 132 valence electrons. The second kappa shape index (κ2) is 6.78. The Labute approximate surface area is 147 Å². The number of carbonyl (C=O) groups excluding carboxylic acids is 1. The van der Waals surface area contributed by atoms with E-state index in [1.165, 1.54) is 0 Å². The van der Waals surface area contributed by atoms with Crippen LogP contribution in [0.1, 0.15) is 42.9 Å². The lowest BCUT2D eigenvalue weighted by atomic mass is 9.92. The van der Waals surface area contributed by atoms with Crippen LogP contribution in [0.2, 0.25) is 0 Å². The summed E-state index contributed by atoms with van der Waals surface area (Å²) in [5, 5.41) is 7.08. The molecule has 0 saturated carbocycles. The number of amides is 1. The molecule has 0 spiro atoms. The van der Waals surface area contributed by atoms with E-state index in [0.29, 0.717) is 19.1 Å². The van der Waals surface area contributed by atoms with E-state index in [1.54, 1.807) is 6.20 Å². The molecule has 25 heavy (non-hydrogen) atoms. The van der Waals surface area contributed by atoms with E-state index in [9.17, 15) is 4.79 Å². The van der Waals surface area contributed by atoms with E-state index in [2.05, 4.69) is 10.2 Å². The fourth-order valence-corrected chi connectivity index (χ4v) is 3.67. The molecule has 2 aromatic rings. The van der Waals surface area contributed by atoms with Gasteiger partial charge >= 0.3 is 0 Å². The van der Waals surface area contributed by atoms with Crippen molar-refractivity contribution in [2.75, 3.05) is 26.3 Å².